The molecule has 0 bridgehead atoms. The number of nitro groups is 1. The van der Waals surface area contributed by atoms with E-state index in [9.17, 15) is 18.5 Å². The normalized spacial score (nSPS) is 13.1. The second kappa shape index (κ2) is 6.67. The Kier molecular flexibility index (Phi) is 5.46. The fraction of sp³-hybridized carbons (Fsp3) is 0.500. The average Bonchev–Trinajstić information content (AvgIpc) is 2.37. The van der Waals surface area contributed by atoms with Crippen LogP contribution in [0.25, 0.3) is 0 Å². The molecule has 0 aliphatic rings. The van der Waals surface area contributed by atoms with Crippen LogP contribution in [0.15, 0.2) is 23.1 Å². The van der Waals surface area contributed by atoms with Gasteiger partial charge in [-0.2, -0.15) is 0 Å². The van der Waals surface area contributed by atoms with E-state index in [4.69, 9.17) is 5.73 Å². The van der Waals surface area contributed by atoms with E-state index in [0.29, 0.717) is 6.42 Å². The van der Waals surface area contributed by atoms with Crippen LogP contribution in [-0.4, -0.2) is 19.4 Å². The van der Waals surface area contributed by atoms with Crippen LogP contribution in [-0.2, 0) is 10.0 Å². The van der Waals surface area contributed by atoms with Crippen molar-refractivity contribution in [2.45, 2.75) is 44.0 Å². The Hall–Kier alpha value is -1.67. The first kappa shape index (κ1) is 16.4. The van der Waals surface area contributed by atoms with Gasteiger partial charge in [0.05, 0.1) is 9.82 Å². The minimum Gasteiger partial charge on any atom is -0.393 e. The van der Waals surface area contributed by atoms with Gasteiger partial charge in [-0.15, -0.1) is 0 Å². The van der Waals surface area contributed by atoms with Gasteiger partial charge in [-0.1, -0.05) is 20.3 Å². The summed E-state index contributed by atoms with van der Waals surface area (Å²) in [5.74, 6) is 0. The summed E-state index contributed by atoms with van der Waals surface area (Å²) in [5, 5.41) is 10.7. The Morgan fingerprint density at radius 2 is 2.05 bits per heavy atom. The van der Waals surface area contributed by atoms with Crippen LogP contribution < -0.4 is 10.5 Å². The van der Waals surface area contributed by atoms with E-state index in [2.05, 4.69) is 4.72 Å². The number of hydrogen-bond donors (Lipinski definition) is 2. The molecule has 0 fully saturated rings. The summed E-state index contributed by atoms with van der Waals surface area (Å²) in [6.45, 7) is 3.87. The van der Waals surface area contributed by atoms with Crippen molar-refractivity contribution in [2.24, 2.45) is 0 Å². The second-order valence-electron chi connectivity index (χ2n) is 4.49. The summed E-state index contributed by atoms with van der Waals surface area (Å²) >= 11 is 0. The van der Waals surface area contributed by atoms with E-state index in [-0.39, 0.29) is 22.3 Å². The number of hydrogen-bond acceptors (Lipinski definition) is 5. The van der Waals surface area contributed by atoms with Gasteiger partial charge in [-0.05, 0) is 25.0 Å². The maximum absolute atomic E-state index is 12.2. The lowest BCUT2D eigenvalue weighted by Gasteiger charge is -2.16. The van der Waals surface area contributed by atoms with E-state index in [1.165, 1.54) is 6.07 Å². The van der Waals surface area contributed by atoms with Crippen molar-refractivity contribution in [3.05, 3.63) is 28.3 Å². The van der Waals surface area contributed by atoms with E-state index in [1.807, 2.05) is 13.8 Å². The lowest BCUT2D eigenvalue weighted by atomic mass is 10.1. The van der Waals surface area contributed by atoms with Crippen molar-refractivity contribution in [2.75, 3.05) is 5.73 Å². The SMILES string of the molecule is CCCC(CC)NS(=O)(=O)c1ccc([N+](=O)[O-])c(N)c1. The summed E-state index contributed by atoms with van der Waals surface area (Å²) in [6, 6.07) is 3.25. The van der Waals surface area contributed by atoms with Crippen molar-refractivity contribution in [3.8, 4) is 0 Å². The van der Waals surface area contributed by atoms with Crippen molar-refractivity contribution < 1.29 is 13.3 Å². The molecule has 0 amide bonds. The van der Waals surface area contributed by atoms with Crippen LogP contribution >= 0.6 is 0 Å². The molecule has 112 valence electrons. The van der Waals surface area contributed by atoms with Crippen LogP contribution in [0, 0.1) is 10.1 Å². The number of rotatable bonds is 7. The minimum absolute atomic E-state index is 0.0600. The highest BCUT2D eigenvalue weighted by Crippen LogP contribution is 2.24. The molecule has 0 spiro atoms. The Balaban J connectivity index is 3.04. The largest absolute Gasteiger partial charge is 0.393 e. The quantitative estimate of drug-likeness (QED) is 0.454. The molecule has 1 aromatic rings. The predicted molar refractivity (Wildman–Crippen MR) is 76.8 cm³/mol. The van der Waals surface area contributed by atoms with E-state index >= 15 is 0 Å². The number of nitrogen functional groups attached to an aromatic ring is 1. The van der Waals surface area contributed by atoms with Gasteiger partial charge in [0.2, 0.25) is 10.0 Å². The lowest BCUT2D eigenvalue weighted by Crippen LogP contribution is -2.34. The first-order valence-electron chi connectivity index (χ1n) is 6.38. The van der Waals surface area contributed by atoms with Gasteiger partial charge in [-0.3, -0.25) is 10.1 Å². The summed E-state index contributed by atoms with van der Waals surface area (Å²) in [6.07, 6.45) is 2.27. The van der Waals surface area contributed by atoms with Gasteiger partial charge in [0, 0.05) is 12.1 Å². The lowest BCUT2D eigenvalue weighted by molar-refractivity contribution is -0.383. The van der Waals surface area contributed by atoms with Gasteiger partial charge < -0.3 is 5.73 Å². The fourth-order valence-corrected chi connectivity index (χ4v) is 3.24. The molecule has 1 rings (SSSR count). The number of nitrogens with one attached hydrogen (secondary N) is 1. The molecule has 0 aliphatic carbocycles. The van der Waals surface area contributed by atoms with Gasteiger partial charge in [-0.25, -0.2) is 13.1 Å². The van der Waals surface area contributed by atoms with Crippen molar-refractivity contribution in [1.29, 1.82) is 0 Å². The average molecular weight is 301 g/mol. The van der Waals surface area contributed by atoms with Crippen LogP contribution in [0.2, 0.25) is 0 Å². The summed E-state index contributed by atoms with van der Waals surface area (Å²) < 4.78 is 26.9. The molecule has 0 saturated carbocycles. The van der Waals surface area contributed by atoms with Crippen LogP contribution in [0.4, 0.5) is 11.4 Å². The molecule has 20 heavy (non-hydrogen) atoms. The molecule has 1 unspecified atom stereocenters. The molecule has 1 aromatic carbocycles. The number of nitrogens with two attached hydrogens (primary N) is 1. The van der Waals surface area contributed by atoms with Crippen molar-refractivity contribution >= 4 is 21.4 Å². The number of nitrogens with zero attached hydrogens (tertiary/aromatic N) is 1. The maximum Gasteiger partial charge on any atom is 0.292 e. The van der Waals surface area contributed by atoms with E-state index in [0.717, 1.165) is 25.0 Å². The van der Waals surface area contributed by atoms with E-state index in [1.54, 1.807) is 0 Å². The van der Waals surface area contributed by atoms with Crippen molar-refractivity contribution in [3.63, 3.8) is 0 Å². The third-order valence-corrected chi connectivity index (χ3v) is 4.48. The smallest absolute Gasteiger partial charge is 0.292 e. The highest BCUT2D eigenvalue weighted by molar-refractivity contribution is 7.89. The Labute approximate surface area is 118 Å². The molecule has 0 radical (unpaired) electrons. The Morgan fingerprint density at radius 3 is 2.50 bits per heavy atom. The molecule has 3 N–H and O–H groups in total. The van der Waals surface area contributed by atoms with E-state index < -0.39 is 14.9 Å². The van der Waals surface area contributed by atoms with Crippen LogP contribution in [0.3, 0.4) is 0 Å². The number of nitro benzene ring substituents is 1. The molecule has 7 nitrogen and oxygen atoms in total. The molecule has 0 saturated heterocycles. The van der Waals surface area contributed by atoms with Gasteiger partial charge >= 0.3 is 0 Å². The zero-order valence-electron chi connectivity index (χ0n) is 11.5. The standard InChI is InChI=1S/C12H19N3O4S/c1-3-5-9(4-2)14-20(18,19)10-6-7-12(15(16)17)11(13)8-10/h6-9,14H,3-5,13H2,1-2H3. The summed E-state index contributed by atoms with van der Waals surface area (Å²) in [5.41, 5.74) is 5.04. The summed E-state index contributed by atoms with van der Waals surface area (Å²) in [7, 11) is -3.71. The molecular weight excluding hydrogens is 282 g/mol. The summed E-state index contributed by atoms with van der Waals surface area (Å²) in [4.78, 5) is 9.94. The number of sulfonamides is 1. The molecular formula is C12H19N3O4S. The molecule has 8 heteroatoms. The Bertz CT molecular complexity index is 586. The fourth-order valence-electron chi connectivity index (χ4n) is 1.85. The first-order valence-corrected chi connectivity index (χ1v) is 7.86. The Morgan fingerprint density at radius 1 is 1.40 bits per heavy atom. The number of benzene rings is 1. The minimum atomic E-state index is -3.71. The third-order valence-electron chi connectivity index (χ3n) is 2.96. The van der Waals surface area contributed by atoms with Gasteiger partial charge in [0.1, 0.15) is 5.69 Å². The van der Waals surface area contributed by atoms with Gasteiger partial charge in [0.15, 0.2) is 0 Å². The molecule has 0 aromatic heterocycles. The molecule has 0 heterocycles. The molecule has 0 aliphatic heterocycles. The monoisotopic (exact) mass is 301 g/mol. The van der Waals surface area contributed by atoms with Gasteiger partial charge in [0.25, 0.3) is 5.69 Å². The maximum atomic E-state index is 12.2. The highest BCUT2D eigenvalue weighted by Gasteiger charge is 2.21. The predicted octanol–water partition coefficient (Wildman–Crippen LogP) is 2.03. The zero-order valence-corrected chi connectivity index (χ0v) is 12.3. The van der Waals surface area contributed by atoms with Crippen LogP contribution in [0.1, 0.15) is 33.1 Å². The second-order valence-corrected chi connectivity index (χ2v) is 6.21. The number of anilines is 1. The highest BCUT2D eigenvalue weighted by atomic mass is 32.2. The van der Waals surface area contributed by atoms with Crippen molar-refractivity contribution in [1.82, 2.24) is 4.72 Å². The molecule has 1 atom stereocenters. The topological polar surface area (TPSA) is 115 Å². The third kappa shape index (κ3) is 3.91. The van der Waals surface area contributed by atoms with Crippen LogP contribution in [0.5, 0.6) is 0 Å². The zero-order chi connectivity index (χ0) is 15.3. The first-order chi connectivity index (χ1) is 9.31.